The van der Waals surface area contributed by atoms with Gasteiger partial charge in [0, 0.05) is 11.1 Å². The molecule has 0 aliphatic heterocycles. The second-order valence-corrected chi connectivity index (χ2v) is 4.10. The molecule has 80 valence electrons. The van der Waals surface area contributed by atoms with E-state index in [2.05, 4.69) is 4.98 Å². The van der Waals surface area contributed by atoms with Crippen LogP contribution in [0.4, 0.5) is 0 Å². The van der Waals surface area contributed by atoms with E-state index in [0.29, 0.717) is 12.3 Å². The summed E-state index contributed by atoms with van der Waals surface area (Å²) in [6.07, 6.45) is 0. The van der Waals surface area contributed by atoms with Crippen LogP contribution in [0.5, 0.6) is 0 Å². The van der Waals surface area contributed by atoms with Crippen molar-refractivity contribution in [1.82, 2.24) is 9.38 Å². The molecule has 15 heavy (non-hydrogen) atoms. The maximum Gasteiger partial charge on any atom is 0.357 e. The van der Waals surface area contributed by atoms with Crippen molar-refractivity contribution in [3.8, 4) is 0 Å². The summed E-state index contributed by atoms with van der Waals surface area (Å²) in [7, 11) is 0. The average Bonchev–Trinajstić information content (AvgIpc) is 2.67. The third kappa shape index (κ3) is 1.52. The van der Waals surface area contributed by atoms with Crippen LogP contribution in [0.15, 0.2) is 5.38 Å². The lowest BCUT2D eigenvalue weighted by Gasteiger charge is -2.02. The first kappa shape index (κ1) is 10.2. The van der Waals surface area contributed by atoms with Crippen LogP contribution in [0.1, 0.15) is 28.8 Å². The molecule has 2 rings (SSSR count). The molecule has 5 heteroatoms. The molecule has 0 saturated heterocycles. The molecule has 0 saturated carbocycles. The van der Waals surface area contributed by atoms with Gasteiger partial charge in [-0.1, -0.05) is 0 Å². The molecule has 2 aromatic heterocycles. The number of nitrogens with zero attached hydrogens (tertiary/aromatic N) is 2. The number of rotatable bonds is 2. The zero-order valence-corrected chi connectivity index (χ0v) is 9.72. The van der Waals surface area contributed by atoms with Gasteiger partial charge in [0.15, 0.2) is 10.7 Å². The highest BCUT2D eigenvalue weighted by Crippen LogP contribution is 2.20. The van der Waals surface area contributed by atoms with E-state index in [0.717, 1.165) is 16.3 Å². The first-order chi connectivity index (χ1) is 7.15. The van der Waals surface area contributed by atoms with E-state index in [1.165, 1.54) is 11.3 Å². The number of aryl methyl sites for hydroxylation is 2. The second kappa shape index (κ2) is 3.66. The highest BCUT2D eigenvalue weighted by Gasteiger charge is 2.19. The normalized spacial score (nSPS) is 10.9. The molecule has 0 aliphatic carbocycles. The molecule has 0 radical (unpaired) electrons. The zero-order chi connectivity index (χ0) is 11.0. The van der Waals surface area contributed by atoms with Crippen LogP contribution in [0.3, 0.4) is 0 Å². The van der Waals surface area contributed by atoms with E-state index in [1.807, 2.05) is 23.6 Å². The highest BCUT2D eigenvalue weighted by atomic mass is 32.1. The van der Waals surface area contributed by atoms with Gasteiger partial charge < -0.3 is 4.74 Å². The molecule has 0 atom stereocenters. The summed E-state index contributed by atoms with van der Waals surface area (Å²) in [5, 5.41) is 1.98. The number of fused-ring (bicyclic) bond motifs is 1. The van der Waals surface area contributed by atoms with E-state index in [4.69, 9.17) is 4.74 Å². The van der Waals surface area contributed by atoms with E-state index < -0.39 is 0 Å². The minimum atomic E-state index is -0.302. The van der Waals surface area contributed by atoms with Gasteiger partial charge in [-0.05, 0) is 20.8 Å². The molecule has 0 unspecified atom stereocenters. The van der Waals surface area contributed by atoms with Gasteiger partial charge in [-0.15, -0.1) is 11.3 Å². The Labute approximate surface area is 91.5 Å². The van der Waals surface area contributed by atoms with Crippen molar-refractivity contribution in [2.45, 2.75) is 20.8 Å². The monoisotopic (exact) mass is 224 g/mol. The molecule has 0 amide bonds. The summed E-state index contributed by atoms with van der Waals surface area (Å²) in [4.78, 5) is 16.9. The van der Waals surface area contributed by atoms with E-state index in [1.54, 1.807) is 6.92 Å². The summed E-state index contributed by atoms with van der Waals surface area (Å²) in [6, 6.07) is 0. The number of thiazole rings is 1. The van der Waals surface area contributed by atoms with Crippen LogP contribution in [0.2, 0.25) is 0 Å². The summed E-state index contributed by atoms with van der Waals surface area (Å²) in [5.74, 6) is -0.302. The lowest BCUT2D eigenvalue weighted by Crippen LogP contribution is -2.09. The number of hydrogen-bond acceptors (Lipinski definition) is 4. The number of imidazole rings is 1. The fraction of sp³-hybridized carbons (Fsp3) is 0.400. The Kier molecular flexibility index (Phi) is 2.48. The Bertz CT molecular complexity index is 513. The largest absolute Gasteiger partial charge is 0.461 e. The van der Waals surface area contributed by atoms with Crippen LogP contribution >= 0.6 is 11.3 Å². The molecule has 0 bridgehead atoms. The molecule has 0 spiro atoms. The van der Waals surface area contributed by atoms with Gasteiger partial charge in [0.2, 0.25) is 0 Å². The van der Waals surface area contributed by atoms with Crippen molar-refractivity contribution in [3.05, 3.63) is 22.5 Å². The third-order valence-corrected chi connectivity index (χ3v) is 3.12. The Morgan fingerprint density at radius 3 is 3.00 bits per heavy atom. The van der Waals surface area contributed by atoms with Crippen molar-refractivity contribution in [1.29, 1.82) is 0 Å². The third-order valence-electron chi connectivity index (χ3n) is 2.18. The Balaban J connectivity index is 2.61. The van der Waals surface area contributed by atoms with E-state index in [9.17, 15) is 4.79 Å². The quantitative estimate of drug-likeness (QED) is 0.734. The number of carbonyl (C=O) groups excluding carboxylic acids is 1. The minimum absolute atomic E-state index is 0.302. The summed E-state index contributed by atoms with van der Waals surface area (Å²) in [5.41, 5.74) is 2.28. The van der Waals surface area contributed by atoms with Crippen LogP contribution in [0.25, 0.3) is 4.96 Å². The standard InChI is InChI=1S/C10H12N2O2S/c1-4-14-9(13)8-7(3)11-10-12(8)6(2)5-15-10/h5H,4H2,1-3H3. The Morgan fingerprint density at radius 1 is 1.60 bits per heavy atom. The van der Waals surface area contributed by atoms with Crippen LogP contribution in [-0.4, -0.2) is 22.0 Å². The minimum Gasteiger partial charge on any atom is -0.461 e. The molecule has 4 nitrogen and oxygen atoms in total. The van der Waals surface area contributed by atoms with Gasteiger partial charge in [0.05, 0.1) is 12.3 Å². The number of ether oxygens (including phenoxy) is 1. The fourth-order valence-electron chi connectivity index (χ4n) is 1.54. The summed E-state index contributed by atoms with van der Waals surface area (Å²) >= 11 is 1.53. The van der Waals surface area contributed by atoms with Gasteiger partial charge in [-0.25, -0.2) is 9.78 Å². The molecular formula is C10H12N2O2S. The number of esters is 1. The van der Waals surface area contributed by atoms with Crippen molar-refractivity contribution < 1.29 is 9.53 Å². The fourth-order valence-corrected chi connectivity index (χ4v) is 2.45. The predicted octanol–water partition coefficient (Wildman–Crippen LogP) is 2.19. The maximum atomic E-state index is 11.7. The Morgan fingerprint density at radius 2 is 2.33 bits per heavy atom. The first-order valence-corrected chi connectivity index (χ1v) is 5.63. The summed E-state index contributed by atoms with van der Waals surface area (Å²) in [6.45, 7) is 5.96. The van der Waals surface area contributed by atoms with Crippen molar-refractivity contribution in [2.24, 2.45) is 0 Å². The van der Waals surface area contributed by atoms with E-state index >= 15 is 0 Å². The number of aromatic nitrogens is 2. The van der Waals surface area contributed by atoms with Crippen LogP contribution in [-0.2, 0) is 4.74 Å². The smallest absolute Gasteiger partial charge is 0.357 e. The maximum absolute atomic E-state index is 11.7. The zero-order valence-electron chi connectivity index (χ0n) is 8.90. The Hall–Kier alpha value is -1.36. The van der Waals surface area contributed by atoms with Gasteiger partial charge in [-0.2, -0.15) is 0 Å². The van der Waals surface area contributed by atoms with Crippen molar-refractivity contribution in [2.75, 3.05) is 6.61 Å². The van der Waals surface area contributed by atoms with Gasteiger partial charge >= 0.3 is 5.97 Å². The van der Waals surface area contributed by atoms with Crippen molar-refractivity contribution >= 4 is 22.3 Å². The second-order valence-electron chi connectivity index (χ2n) is 3.26. The molecule has 2 aromatic rings. The van der Waals surface area contributed by atoms with Gasteiger partial charge in [0.25, 0.3) is 0 Å². The van der Waals surface area contributed by atoms with Crippen LogP contribution < -0.4 is 0 Å². The van der Waals surface area contributed by atoms with Gasteiger partial charge in [0.1, 0.15) is 0 Å². The predicted molar refractivity (Wildman–Crippen MR) is 58.5 cm³/mol. The summed E-state index contributed by atoms with van der Waals surface area (Å²) < 4.78 is 6.85. The average molecular weight is 224 g/mol. The molecule has 0 aliphatic rings. The lowest BCUT2D eigenvalue weighted by molar-refractivity contribution is 0.0517. The lowest BCUT2D eigenvalue weighted by atomic mass is 10.3. The molecule has 0 N–H and O–H groups in total. The number of carbonyl (C=O) groups is 1. The van der Waals surface area contributed by atoms with Crippen molar-refractivity contribution in [3.63, 3.8) is 0 Å². The van der Waals surface area contributed by atoms with Gasteiger partial charge in [-0.3, -0.25) is 4.40 Å². The SMILES string of the molecule is CCOC(=O)c1c(C)nc2scc(C)n12. The molecule has 2 heterocycles. The van der Waals surface area contributed by atoms with E-state index in [-0.39, 0.29) is 5.97 Å². The first-order valence-electron chi connectivity index (χ1n) is 4.75. The van der Waals surface area contributed by atoms with Crippen LogP contribution in [0, 0.1) is 13.8 Å². The molecule has 0 fully saturated rings. The molecule has 0 aromatic carbocycles. The highest BCUT2D eigenvalue weighted by molar-refractivity contribution is 7.15. The molecular weight excluding hydrogens is 212 g/mol. The topological polar surface area (TPSA) is 43.6 Å². The number of hydrogen-bond donors (Lipinski definition) is 0.